The van der Waals surface area contributed by atoms with Gasteiger partial charge in [-0.15, -0.1) is 0 Å². The predicted octanol–water partition coefficient (Wildman–Crippen LogP) is -4.45. The third-order valence-electron chi connectivity index (χ3n) is 14.6. The first-order chi connectivity index (χ1) is 43.1. The van der Waals surface area contributed by atoms with Gasteiger partial charge in [0.1, 0.15) is 65.6 Å². The average Bonchev–Trinajstić information content (AvgIpc) is 0.756. The van der Waals surface area contributed by atoms with Crippen LogP contribution < -0.4 is 69.2 Å². The highest BCUT2D eigenvalue weighted by Crippen LogP contribution is 2.35. The maximum atomic E-state index is 14.6. The van der Waals surface area contributed by atoms with Gasteiger partial charge in [-0.3, -0.25) is 78.1 Å². The second-order valence-corrected chi connectivity index (χ2v) is 21.7. The van der Waals surface area contributed by atoms with E-state index in [4.69, 9.17) is 21.3 Å². The lowest BCUT2D eigenvalue weighted by Gasteiger charge is -2.31. The van der Waals surface area contributed by atoms with E-state index in [1.54, 1.807) is 0 Å². The van der Waals surface area contributed by atoms with Gasteiger partial charge >= 0.3 is 17.9 Å². The second-order valence-electron chi connectivity index (χ2n) is 21.7. The molecule has 36 nitrogen and oxygen atoms in total. The molecule has 502 valence electrons. The number of nitrogens with two attached hydrogens (primary N) is 2. The monoisotopic (exact) mass is 1290 g/mol. The fourth-order valence-electron chi connectivity index (χ4n) is 9.70. The molecule has 2 aliphatic heterocycles. The molecule has 1 saturated heterocycles. The van der Waals surface area contributed by atoms with E-state index in [-0.39, 0.29) is 124 Å². The number of carboxylic acids is 2. The number of nitrogens with zero attached hydrogens (tertiary/aromatic N) is 3. The molecule has 1 fully saturated rings. The molecule has 0 bridgehead atoms. The minimum atomic E-state index is -1.99. The van der Waals surface area contributed by atoms with Crippen LogP contribution in [0.3, 0.4) is 0 Å². The fourth-order valence-corrected chi connectivity index (χ4v) is 9.70. The van der Waals surface area contributed by atoms with Gasteiger partial charge < -0.3 is 84.5 Å². The smallest absolute Gasteiger partial charge is 0.328 e. The zero-order chi connectivity index (χ0) is 67.6. The molecule has 11 amide bonds. The van der Waals surface area contributed by atoms with Crippen molar-refractivity contribution in [2.75, 3.05) is 43.4 Å². The first-order valence-corrected chi connectivity index (χ1v) is 29.4. The van der Waals surface area contributed by atoms with E-state index in [1.807, 2.05) is 0 Å². The second kappa shape index (κ2) is 36.2. The Balaban J connectivity index is 1.70. The Morgan fingerprint density at radius 2 is 1.23 bits per heavy atom. The number of rotatable bonds is 32. The Hall–Kier alpha value is -9.55. The van der Waals surface area contributed by atoms with Crippen LogP contribution in [-0.4, -0.2) is 212 Å². The van der Waals surface area contributed by atoms with E-state index < -0.39 is 175 Å². The zero-order valence-electron chi connectivity index (χ0n) is 50.4. The highest BCUT2D eigenvalue weighted by atomic mass is 16.5. The van der Waals surface area contributed by atoms with Gasteiger partial charge in [-0.1, -0.05) is 0 Å². The summed E-state index contributed by atoms with van der Waals surface area (Å²) in [5.74, 6) is -14.4. The first-order valence-electron chi connectivity index (χ1n) is 29.4. The minimum absolute atomic E-state index is 0.00297. The molecule has 91 heavy (non-hydrogen) atoms. The summed E-state index contributed by atoms with van der Waals surface area (Å²) in [6, 6.07) is -10.8. The largest absolute Gasteiger partial charge is 0.504 e. The van der Waals surface area contributed by atoms with Crippen LogP contribution in [-0.2, 0) is 71.9 Å². The lowest BCUT2D eigenvalue weighted by Crippen LogP contribution is -2.62. The standard InChI is InChI=1S/C55H81N15O21/c1-28-47(80)59-29(2)48(81)62-33(12-8-20-68(89)26-71)50(83)65-35(11-5-7-18-57)55(88)91-30(3)45(54(87)60-28)67-51(84)32(10-4-6-17-56)63-49(82)34(13-9-21-69(90)27-72)64-52(85)37(24-44(78)79)66-53(86)38-16-19-58-46-36(61-42(75)14-15-43(76)77)22-31-23-40(73)41(74)25-39(31)70(38)46/h22-23,25-30,32-35,37-38,45,89-90H,4-21,24,56-57H2,1-3H3,(H13,58,59,60,61,62,63,64,65,66,67,73,74,75,76,77,78,79,80,81,82,83,84,85,86,87)/p+1/t28-,29+,30+,32-,33+,34+,35-,37-,38-,45-/m0/s1. The van der Waals surface area contributed by atoms with Crippen molar-refractivity contribution in [3.8, 4) is 11.5 Å². The Morgan fingerprint density at radius 1 is 0.670 bits per heavy atom. The summed E-state index contributed by atoms with van der Waals surface area (Å²) in [7, 11) is 0. The molecule has 0 spiro atoms. The van der Waals surface area contributed by atoms with Crippen LogP contribution in [0.1, 0.15) is 117 Å². The summed E-state index contributed by atoms with van der Waals surface area (Å²) in [4.78, 5) is 186. The molecule has 4 rings (SSSR count). The zero-order valence-corrected chi connectivity index (χ0v) is 50.4. The number of anilines is 2. The highest BCUT2D eigenvalue weighted by Gasteiger charge is 2.41. The van der Waals surface area contributed by atoms with Crippen molar-refractivity contribution in [3.05, 3.63) is 18.2 Å². The molecule has 20 N–H and O–H groups in total. The summed E-state index contributed by atoms with van der Waals surface area (Å²) >= 11 is 0. The number of esters is 1. The molecule has 1 aromatic carbocycles. The number of aromatic nitrogens is 1. The van der Waals surface area contributed by atoms with E-state index >= 15 is 0 Å². The van der Waals surface area contributed by atoms with Crippen molar-refractivity contribution in [2.24, 2.45) is 11.5 Å². The molecule has 0 radical (unpaired) electrons. The van der Waals surface area contributed by atoms with Crippen molar-refractivity contribution < 1.29 is 107 Å². The SMILES string of the molecule is C[C@@H]1NC(=O)[C@@H](NC(=O)[C@H](CCCCN)NC(=O)[C@@H](CCCN(O)C=O)NC(=O)[C@H](CC(=O)O)NC(=O)[C@@H]2CCNc3c(NC(=O)CCC(=O)O)cc4cc(O)c(O)cc4[n+]32)[C@@H](C)OC(=O)[C@H](CCCCN)NC(=O)[C@@H](CCCN(O)C=O)NC(=O)[C@@H](C)NC1=O. The van der Waals surface area contributed by atoms with E-state index in [1.165, 1.54) is 31.4 Å². The quantitative estimate of drug-likeness (QED) is 0.00625. The number of amides is 11. The molecule has 36 heteroatoms. The third-order valence-corrected chi connectivity index (χ3v) is 14.6. The number of unbranched alkanes of at least 4 members (excludes halogenated alkanes) is 2. The number of ether oxygens (including phenoxy) is 1. The third kappa shape index (κ3) is 22.8. The number of hydrogen-bond acceptors (Lipinski definition) is 22. The molecular formula is C55H82N15O21+. The van der Waals surface area contributed by atoms with Gasteiger partial charge in [0.2, 0.25) is 60.1 Å². The highest BCUT2D eigenvalue weighted by molar-refractivity contribution is 6.00. The van der Waals surface area contributed by atoms with E-state index in [0.29, 0.717) is 11.5 Å². The summed E-state index contributed by atoms with van der Waals surface area (Å²) < 4.78 is 7.04. The number of aromatic hydroxyl groups is 2. The van der Waals surface area contributed by atoms with E-state index in [9.17, 15) is 92.9 Å². The molecule has 2 aromatic rings. The molecule has 0 aliphatic carbocycles. The molecule has 0 unspecified atom stereocenters. The molecule has 3 heterocycles. The number of hydroxylamine groups is 4. The van der Waals surface area contributed by atoms with Crippen LogP contribution in [0.5, 0.6) is 11.5 Å². The molecule has 0 saturated carbocycles. The van der Waals surface area contributed by atoms with Gasteiger partial charge in [0, 0.05) is 37.4 Å². The number of aliphatic carboxylic acids is 2. The maximum absolute atomic E-state index is 14.6. The molecule has 1 aromatic heterocycles. The number of hydrogen-bond donors (Lipinski definition) is 18. The van der Waals surface area contributed by atoms with Crippen LogP contribution in [0.25, 0.3) is 10.9 Å². The van der Waals surface area contributed by atoms with Gasteiger partial charge in [-0.25, -0.2) is 19.5 Å². The lowest BCUT2D eigenvalue weighted by atomic mass is 10.0. The number of fused-ring (bicyclic) bond motifs is 3. The first kappa shape index (κ1) is 73.9. The molecule has 10 atom stereocenters. The van der Waals surface area contributed by atoms with E-state index in [2.05, 4.69) is 53.2 Å². The number of phenols is 2. The predicted molar refractivity (Wildman–Crippen MR) is 313 cm³/mol. The number of carbonyl (C=O) groups is 14. The number of carbonyl (C=O) groups excluding carboxylic acids is 12. The van der Waals surface area contributed by atoms with E-state index in [0.717, 1.165) is 12.1 Å². The van der Waals surface area contributed by atoms with Crippen molar-refractivity contribution in [3.63, 3.8) is 0 Å². The van der Waals surface area contributed by atoms with Crippen LogP contribution in [0.15, 0.2) is 18.2 Å². The van der Waals surface area contributed by atoms with Gasteiger partial charge in [0.25, 0.3) is 11.7 Å². The number of cyclic esters (lactones) is 1. The van der Waals surface area contributed by atoms with Gasteiger partial charge in [-0.2, -0.15) is 0 Å². The van der Waals surface area contributed by atoms with Crippen LogP contribution in [0.2, 0.25) is 0 Å². The number of benzene rings is 1. The van der Waals surface area contributed by atoms with Gasteiger partial charge in [0.05, 0.1) is 19.4 Å². The summed E-state index contributed by atoms with van der Waals surface area (Å²) in [5.41, 5.74) is 11.6. The Labute approximate surface area is 520 Å². The Morgan fingerprint density at radius 3 is 1.86 bits per heavy atom. The normalized spacial score (nSPS) is 20.6. The topological polar surface area (TPSA) is 552 Å². The van der Waals surface area contributed by atoms with Crippen LogP contribution >= 0.6 is 0 Å². The summed E-state index contributed by atoms with van der Waals surface area (Å²) in [6.07, 6.45) is -3.96. The van der Waals surface area contributed by atoms with Crippen molar-refractivity contribution >= 4 is 106 Å². The fraction of sp³-hybridized carbons (Fsp3) is 0.582. The maximum Gasteiger partial charge on any atom is 0.328 e. The summed E-state index contributed by atoms with van der Waals surface area (Å²) in [6.45, 7) is 3.26. The van der Waals surface area contributed by atoms with Crippen LogP contribution in [0, 0.1) is 0 Å². The van der Waals surface area contributed by atoms with Gasteiger partial charge in [-0.05, 0) is 110 Å². The molecular weight excluding hydrogens is 1210 g/mol. The number of nitrogens with one attached hydrogen (secondary N) is 10. The number of phenolic OH excluding ortho intramolecular Hbond substituents is 2. The van der Waals surface area contributed by atoms with Crippen molar-refractivity contribution in [1.82, 2.24) is 52.7 Å². The summed E-state index contributed by atoms with van der Waals surface area (Å²) in [5, 5.41) is 85.6. The Kier molecular flexibility index (Phi) is 29.4. The van der Waals surface area contributed by atoms with Crippen molar-refractivity contribution in [1.29, 1.82) is 0 Å². The number of carboxylic acid groups (broad SMARTS) is 2. The Bertz CT molecular complexity index is 2990. The van der Waals surface area contributed by atoms with Crippen LogP contribution in [0.4, 0.5) is 11.5 Å². The molecule has 2 aliphatic rings. The lowest BCUT2D eigenvalue weighted by molar-refractivity contribution is -0.674. The average molecular weight is 1290 g/mol. The number of pyridine rings is 1. The van der Waals surface area contributed by atoms with Gasteiger partial charge in [0.15, 0.2) is 17.5 Å². The van der Waals surface area contributed by atoms with Crippen molar-refractivity contribution in [2.45, 2.75) is 171 Å². The minimum Gasteiger partial charge on any atom is -0.504 e.